The van der Waals surface area contributed by atoms with Crippen molar-refractivity contribution in [3.63, 3.8) is 0 Å². The van der Waals surface area contributed by atoms with Crippen LogP contribution >= 0.6 is 24.8 Å². The number of hydrogen-bond acceptors (Lipinski definition) is 4. The average molecular weight is 320 g/mol. The average Bonchev–Trinajstić information content (AvgIpc) is 2.77. The van der Waals surface area contributed by atoms with Gasteiger partial charge in [-0.25, -0.2) is 4.98 Å². The molecule has 0 bridgehead atoms. The Labute approximate surface area is 130 Å². The van der Waals surface area contributed by atoms with Gasteiger partial charge in [-0.15, -0.1) is 24.8 Å². The number of carbonyl (C=O) groups is 1. The summed E-state index contributed by atoms with van der Waals surface area (Å²) in [4.78, 5) is 16.1. The van der Waals surface area contributed by atoms with Gasteiger partial charge in [0, 0.05) is 18.3 Å². The lowest BCUT2D eigenvalue weighted by atomic mass is 10.3. The minimum absolute atomic E-state index is 0. The number of unbranched alkanes of at least 4 members (excludes halogenated alkanes) is 1. The second-order valence-corrected chi connectivity index (χ2v) is 4.20. The smallest absolute Gasteiger partial charge is 0.287 e. The number of pyridine rings is 1. The summed E-state index contributed by atoms with van der Waals surface area (Å²) < 4.78 is 5.44. The molecule has 0 aromatic carbocycles. The van der Waals surface area contributed by atoms with Crippen LogP contribution in [-0.4, -0.2) is 24.0 Å². The highest BCUT2D eigenvalue weighted by molar-refractivity contribution is 5.95. The maximum atomic E-state index is 11.8. The zero-order valence-corrected chi connectivity index (χ0v) is 12.9. The quantitative estimate of drug-likeness (QED) is 0.829. The van der Waals surface area contributed by atoms with Crippen LogP contribution in [0.25, 0.3) is 11.1 Å². The van der Waals surface area contributed by atoms with Gasteiger partial charge in [0.15, 0.2) is 11.3 Å². The first-order valence-corrected chi connectivity index (χ1v) is 6.06. The highest BCUT2D eigenvalue weighted by atomic mass is 35.5. The lowest BCUT2D eigenvalue weighted by molar-refractivity contribution is 0.0927. The summed E-state index contributed by atoms with van der Waals surface area (Å²) in [5.74, 6) is 0.0959. The van der Waals surface area contributed by atoms with Gasteiger partial charge in [0.1, 0.15) is 5.52 Å². The molecule has 2 rings (SSSR count). The Kier molecular flexibility index (Phi) is 8.22. The number of nitrogens with two attached hydrogens (primary N) is 1. The minimum atomic E-state index is -0.206. The van der Waals surface area contributed by atoms with Crippen molar-refractivity contribution < 1.29 is 9.21 Å². The normalized spacial score (nSPS) is 9.70. The predicted octanol–water partition coefficient (Wildman–Crippen LogP) is 2.45. The molecule has 0 aliphatic rings. The molecule has 1 amide bonds. The van der Waals surface area contributed by atoms with Crippen molar-refractivity contribution in [2.75, 3.05) is 13.1 Å². The number of amides is 1. The number of aromatic nitrogens is 1. The summed E-state index contributed by atoms with van der Waals surface area (Å²) in [5, 5.41) is 2.79. The summed E-state index contributed by atoms with van der Waals surface area (Å²) in [5.41, 5.74) is 7.63. The van der Waals surface area contributed by atoms with Gasteiger partial charge < -0.3 is 15.5 Å². The lowest BCUT2D eigenvalue weighted by Crippen LogP contribution is -2.24. The second-order valence-electron chi connectivity index (χ2n) is 4.20. The molecule has 2 aromatic heterocycles. The number of nitrogens with one attached hydrogen (secondary N) is 1. The number of fused-ring (bicyclic) bond motifs is 1. The molecule has 0 fully saturated rings. The summed E-state index contributed by atoms with van der Waals surface area (Å²) in [6.45, 7) is 3.16. The van der Waals surface area contributed by atoms with E-state index in [0.717, 1.165) is 18.5 Å². The first kappa shape index (κ1) is 18.7. The third-order valence-corrected chi connectivity index (χ3v) is 2.65. The summed E-state index contributed by atoms with van der Waals surface area (Å²) in [6.07, 6.45) is 1.78. The van der Waals surface area contributed by atoms with Gasteiger partial charge in [0.2, 0.25) is 0 Å². The van der Waals surface area contributed by atoms with Gasteiger partial charge in [0.25, 0.3) is 5.91 Å². The zero-order chi connectivity index (χ0) is 13.0. The van der Waals surface area contributed by atoms with E-state index in [4.69, 9.17) is 10.2 Å². The number of hydrogen-bond donors (Lipinski definition) is 2. The Hall–Kier alpha value is -1.30. The Morgan fingerprint density at radius 2 is 2.10 bits per heavy atom. The Balaban J connectivity index is 0.00000180. The first-order chi connectivity index (χ1) is 8.70. The van der Waals surface area contributed by atoms with Gasteiger partial charge in [-0.2, -0.15) is 0 Å². The lowest BCUT2D eigenvalue weighted by Gasteiger charge is -2.01. The third-order valence-electron chi connectivity index (χ3n) is 2.65. The zero-order valence-electron chi connectivity index (χ0n) is 11.2. The summed E-state index contributed by atoms with van der Waals surface area (Å²) in [7, 11) is 0. The van der Waals surface area contributed by atoms with E-state index in [2.05, 4.69) is 10.3 Å². The molecule has 7 heteroatoms. The van der Waals surface area contributed by atoms with Gasteiger partial charge in [-0.05, 0) is 38.4 Å². The fraction of sp³-hybridized carbons (Fsp3) is 0.385. The first-order valence-electron chi connectivity index (χ1n) is 6.06. The van der Waals surface area contributed by atoms with Gasteiger partial charge >= 0.3 is 0 Å². The van der Waals surface area contributed by atoms with Crippen LogP contribution in [0.15, 0.2) is 22.6 Å². The van der Waals surface area contributed by atoms with E-state index in [1.807, 2.05) is 19.1 Å². The fourth-order valence-corrected chi connectivity index (χ4v) is 1.70. The molecule has 5 nitrogen and oxygen atoms in total. The molecule has 2 aromatic rings. The molecule has 0 atom stereocenters. The number of aryl methyl sites for hydroxylation is 1. The van der Waals surface area contributed by atoms with Crippen LogP contribution in [0.4, 0.5) is 0 Å². The summed E-state index contributed by atoms with van der Waals surface area (Å²) >= 11 is 0. The third kappa shape index (κ3) is 4.67. The molecule has 0 radical (unpaired) electrons. The van der Waals surface area contributed by atoms with Crippen LogP contribution < -0.4 is 11.1 Å². The van der Waals surface area contributed by atoms with Gasteiger partial charge in [-0.3, -0.25) is 4.79 Å². The van der Waals surface area contributed by atoms with E-state index in [9.17, 15) is 4.79 Å². The van der Waals surface area contributed by atoms with Crippen molar-refractivity contribution in [3.8, 4) is 0 Å². The highest BCUT2D eigenvalue weighted by Crippen LogP contribution is 2.17. The van der Waals surface area contributed by atoms with E-state index >= 15 is 0 Å². The SMILES string of the molecule is Cc1ccc2oc(C(=O)NCCCCN)cc2n1.Cl.Cl. The Bertz CT molecular complexity index is 558. The van der Waals surface area contributed by atoms with Crippen molar-refractivity contribution in [1.29, 1.82) is 0 Å². The number of furan rings is 1. The fourth-order valence-electron chi connectivity index (χ4n) is 1.70. The topological polar surface area (TPSA) is 81.2 Å². The molecular formula is C13H19Cl2N3O2. The largest absolute Gasteiger partial charge is 0.449 e. The standard InChI is InChI=1S/C13H17N3O2.2ClH/c1-9-4-5-11-10(16-9)8-12(18-11)13(17)15-7-3-2-6-14;;/h4-5,8H,2-3,6-7,14H2,1H3,(H,15,17);2*1H. The van der Waals surface area contributed by atoms with Crippen molar-refractivity contribution in [1.82, 2.24) is 10.3 Å². The van der Waals surface area contributed by atoms with E-state index < -0.39 is 0 Å². The molecule has 0 saturated heterocycles. The van der Waals surface area contributed by atoms with Crippen LogP contribution in [0.2, 0.25) is 0 Å². The van der Waals surface area contributed by atoms with E-state index in [-0.39, 0.29) is 30.7 Å². The molecule has 0 spiro atoms. The molecule has 112 valence electrons. The molecule has 0 aliphatic heterocycles. The Morgan fingerprint density at radius 1 is 1.35 bits per heavy atom. The number of halogens is 2. The van der Waals surface area contributed by atoms with Gasteiger partial charge in [0.05, 0.1) is 0 Å². The molecular weight excluding hydrogens is 301 g/mol. The van der Waals surface area contributed by atoms with Crippen LogP contribution in [0.1, 0.15) is 29.1 Å². The highest BCUT2D eigenvalue weighted by Gasteiger charge is 2.12. The van der Waals surface area contributed by atoms with Crippen molar-refractivity contribution in [3.05, 3.63) is 29.7 Å². The maximum absolute atomic E-state index is 11.8. The van der Waals surface area contributed by atoms with Crippen LogP contribution in [0, 0.1) is 6.92 Å². The van der Waals surface area contributed by atoms with E-state index in [1.165, 1.54) is 0 Å². The van der Waals surface area contributed by atoms with Crippen molar-refractivity contribution in [2.45, 2.75) is 19.8 Å². The van der Waals surface area contributed by atoms with Crippen molar-refractivity contribution in [2.24, 2.45) is 5.73 Å². The maximum Gasteiger partial charge on any atom is 0.287 e. The monoisotopic (exact) mass is 319 g/mol. The van der Waals surface area contributed by atoms with Crippen LogP contribution in [-0.2, 0) is 0 Å². The molecule has 3 N–H and O–H groups in total. The van der Waals surface area contributed by atoms with E-state index in [0.29, 0.717) is 29.9 Å². The molecule has 0 unspecified atom stereocenters. The van der Waals surface area contributed by atoms with E-state index in [1.54, 1.807) is 6.07 Å². The second kappa shape index (κ2) is 8.79. The number of carbonyl (C=O) groups excluding carboxylic acids is 1. The van der Waals surface area contributed by atoms with Crippen LogP contribution in [0.3, 0.4) is 0 Å². The predicted molar refractivity (Wildman–Crippen MR) is 83.9 cm³/mol. The molecule has 20 heavy (non-hydrogen) atoms. The number of nitrogens with zero attached hydrogens (tertiary/aromatic N) is 1. The minimum Gasteiger partial charge on any atom is -0.449 e. The number of rotatable bonds is 5. The molecule has 0 saturated carbocycles. The van der Waals surface area contributed by atoms with Gasteiger partial charge in [-0.1, -0.05) is 0 Å². The summed E-state index contributed by atoms with van der Waals surface area (Å²) in [6, 6.07) is 5.35. The van der Waals surface area contributed by atoms with Crippen LogP contribution in [0.5, 0.6) is 0 Å². The Morgan fingerprint density at radius 3 is 2.80 bits per heavy atom. The van der Waals surface area contributed by atoms with Crippen molar-refractivity contribution >= 4 is 41.8 Å². The molecule has 2 heterocycles. The molecule has 0 aliphatic carbocycles.